The SMILES string of the molecule is COc1ccc(-n2nc(C(C)C)cc2NC(=O)CCc2cccc(OC3=c4cc(OC)c(OC)cc4=CCC=N3)c2)cc1. The number of nitrogens with one attached hydrogen (secondary N) is 1. The number of fused-ring (bicyclic) bond motifs is 1. The normalized spacial score (nSPS) is 12.3. The van der Waals surface area contributed by atoms with E-state index >= 15 is 0 Å². The van der Waals surface area contributed by atoms with E-state index in [2.05, 4.69) is 30.2 Å². The Kier molecular flexibility index (Phi) is 9.10. The van der Waals surface area contributed by atoms with E-state index in [0.29, 0.717) is 41.8 Å². The minimum absolute atomic E-state index is 0.107. The van der Waals surface area contributed by atoms with Gasteiger partial charge in [-0.2, -0.15) is 5.10 Å². The summed E-state index contributed by atoms with van der Waals surface area (Å²) >= 11 is 0. The van der Waals surface area contributed by atoms with Crippen LogP contribution in [0.3, 0.4) is 0 Å². The first-order valence-electron chi connectivity index (χ1n) is 14.2. The Labute approximate surface area is 251 Å². The zero-order valence-corrected chi connectivity index (χ0v) is 25.1. The highest BCUT2D eigenvalue weighted by atomic mass is 16.5. The van der Waals surface area contributed by atoms with E-state index in [0.717, 1.165) is 33.1 Å². The average Bonchev–Trinajstić information content (AvgIpc) is 3.35. The summed E-state index contributed by atoms with van der Waals surface area (Å²) in [6, 6.07) is 21.0. The topological polar surface area (TPSA) is 96.2 Å². The van der Waals surface area contributed by atoms with E-state index in [1.807, 2.05) is 72.9 Å². The van der Waals surface area contributed by atoms with Crippen molar-refractivity contribution in [2.75, 3.05) is 26.6 Å². The molecule has 1 N–H and O–H groups in total. The Morgan fingerprint density at radius 1 is 0.930 bits per heavy atom. The number of carbonyl (C=O) groups excluding carboxylic acids is 1. The standard InChI is InChI=1S/C34H36N4O5/c1-22(2)29-21-32(38(37-29)25-12-14-26(40-3)15-13-25)36-33(39)16-11-23-8-6-10-27(18-23)43-34-28-20-31(42-5)30(41-4)19-24(28)9-7-17-35-34/h6,8-10,12-15,17-22H,7,11,16H2,1-5H3,(H,36,39). The van der Waals surface area contributed by atoms with Crippen LogP contribution in [-0.2, 0) is 11.2 Å². The Balaban J connectivity index is 1.31. The molecule has 1 amide bonds. The molecule has 2 heterocycles. The lowest BCUT2D eigenvalue weighted by Gasteiger charge is -2.11. The molecule has 0 aliphatic carbocycles. The fourth-order valence-electron chi connectivity index (χ4n) is 4.75. The number of hydrogen-bond acceptors (Lipinski definition) is 7. The molecule has 0 radical (unpaired) electrons. The predicted molar refractivity (Wildman–Crippen MR) is 168 cm³/mol. The molecular weight excluding hydrogens is 544 g/mol. The minimum Gasteiger partial charge on any atom is -0.497 e. The van der Waals surface area contributed by atoms with Crippen molar-refractivity contribution in [3.63, 3.8) is 0 Å². The molecule has 0 unspecified atom stereocenters. The third kappa shape index (κ3) is 6.89. The second-order valence-electron chi connectivity index (χ2n) is 10.4. The summed E-state index contributed by atoms with van der Waals surface area (Å²) in [5.41, 5.74) is 2.70. The second kappa shape index (κ2) is 13.3. The first-order chi connectivity index (χ1) is 20.9. The molecule has 9 nitrogen and oxygen atoms in total. The summed E-state index contributed by atoms with van der Waals surface area (Å²) in [5.74, 6) is 3.82. The largest absolute Gasteiger partial charge is 0.497 e. The molecule has 222 valence electrons. The van der Waals surface area contributed by atoms with Crippen LogP contribution < -0.4 is 34.7 Å². The molecule has 0 bridgehead atoms. The zero-order chi connectivity index (χ0) is 30.3. The summed E-state index contributed by atoms with van der Waals surface area (Å²) in [4.78, 5) is 17.6. The number of ether oxygens (including phenoxy) is 4. The van der Waals surface area contributed by atoms with Crippen molar-refractivity contribution in [1.29, 1.82) is 0 Å². The van der Waals surface area contributed by atoms with Crippen LogP contribution in [0.15, 0.2) is 71.7 Å². The molecule has 0 saturated heterocycles. The number of nitrogens with zero attached hydrogens (tertiary/aromatic N) is 3. The number of hydrogen-bond donors (Lipinski definition) is 1. The highest BCUT2D eigenvalue weighted by Crippen LogP contribution is 2.25. The average molecular weight is 581 g/mol. The van der Waals surface area contributed by atoms with Gasteiger partial charge in [0.1, 0.15) is 17.3 Å². The molecule has 9 heteroatoms. The first kappa shape index (κ1) is 29.4. The van der Waals surface area contributed by atoms with Crippen molar-refractivity contribution in [2.45, 2.75) is 39.0 Å². The summed E-state index contributed by atoms with van der Waals surface area (Å²) in [6.45, 7) is 4.15. The fourth-order valence-corrected chi connectivity index (χ4v) is 4.75. The lowest BCUT2D eigenvalue weighted by Crippen LogP contribution is -2.28. The highest BCUT2D eigenvalue weighted by molar-refractivity contribution is 5.90. The van der Waals surface area contributed by atoms with E-state index < -0.39 is 0 Å². The molecule has 0 saturated carbocycles. The van der Waals surface area contributed by atoms with Gasteiger partial charge in [-0.3, -0.25) is 4.79 Å². The number of aryl methyl sites for hydroxylation is 1. The van der Waals surface area contributed by atoms with E-state index in [9.17, 15) is 4.79 Å². The molecule has 0 atom stereocenters. The molecule has 43 heavy (non-hydrogen) atoms. The Hall–Kier alpha value is -5.05. The third-order valence-electron chi connectivity index (χ3n) is 7.10. The minimum atomic E-state index is -0.107. The number of methoxy groups -OCH3 is 3. The van der Waals surface area contributed by atoms with Gasteiger partial charge >= 0.3 is 0 Å². The Morgan fingerprint density at radius 3 is 2.42 bits per heavy atom. The smallest absolute Gasteiger partial charge is 0.226 e. The molecule has 1 aliphatic rings. The number of aliphatic imine (C=N–C) groups is 1. The lowest BCUT2D eigenvalue weighted by molar-refractivity contribution is -0.116. The van der Waals surface area contributed by atoms with Crippen molar-refractivity contribution in [2.24, 2.45) is 4.99 Å². The van der Waals surface area contributed by atoms with E-state index in [-0.39, 0.29) is 18.2 Å². The van der Waals surface area contributed by atoms with Crippen LogP contribution in [0, 0.1) is 0 Å². The van der Waals surface area contributed by atoms with Gasteiger partial charge in [-0.1, -0.05) is 32.1 Å². The molecule has 0 spiro atoms. The van der Waals surface area contributed by atoms with Crippen LogP contribution in [-0.4, -0.2) is 43.2 Å². The predicted octanol–water partition coefficient (Wildman–Crippen LogP) is 4.99. The van der Waals surface area contributed by atoms with Crippen LogP contribution in [0.5, 0.6) is 23.0 Å². The molecular formula is C34H36N4O5. The summed E-state index contributed by atoms with van der Waals surface area (Å²) < 4.78 is 24.3. The van der Waals surface area contributed by atoms with Gasteiger partial charge in [0.25, 0.3) is 0 Å². The maximum atomic E-state index is 13.1. The van der Waals surface area contributed by atoms with Gasteiger partial charge < -0.3 is 24.3 Å². The maximum absolute atomic E-state index is 13.1. The van der Waals surface area contributed by atoms with Crippen LogP contribution in [0.25, 0.3) is 17.6 Å². The highest BCUT2D eigenvalue weighted by Gasteiger charge is 2.15. The Morgan fingerprint density at radius 2 is 1.70 bits per heavy atom. The number of amides is 1. The van der Waals surface area contributed by atoms with Crippen molar-refractivity contribution in [3.8, 4) is 28.7 Å². The number of rotatable bonds is 11. The van der Waals surface area contributed by atoms with Crippen LogP contribution in [0.1, 0.15) is 43.9 Å². The molecule has 3 aromatic carbocycles. The summed E-state index contributed by atoms with van der Waals surface area (Å²) in [5, 5.41) is 9.54. The van der Waals surface area contributed by atoms with Gasteiger partial charge in [0.15, 0.2) is 11.5 Å². The Bertz CT molecular complexity index is 1760. The van der Waals surface area contributed by atoms with Crippen LogP contribution in [0.4, 0.5) is 5.82 Å². The van der Waals surface area contributed by atoms with E-state index in [1.54, 1.807) is 26.0 Å². The second-order valence-corrected chi connectivity index (χ2v) is 10.4. The van der Waals surface area contributed by atoms with Gasteiger partial charge in [-0.15, -0.1) is 0 Å². The quantitative estimate of drug-likeness (QED) is 0.269. The van der Waals surface area contributed by atoms with Crippen LogP contribution in [0.2, 0.25) is 0 Å². The van der Waals surface area contributed by atoms with Gasteiger partial charge in [0.05, 0.1) is 32.7 Å². The zero-order valence-electron chi connectivity index (χ0n) is 25.1. The molecule has 1 aromatic heterocycles. The van der Waals surface area contributed by atoms with Gasteiger partial charge in [-0.05, 0) is 71.7 Å². The van der Waals surface area contributed by atoms with Gasteiger partial charge in [-0.25, -0.2) is 9.67 Å². The van der Waals surface area contributed by atoms with Crippen molar-refractivity contribution in [3.05, 3.63) is 88.4 Å². The molecule has 4 aromatic rings. The van der Waals surface area contributed by atoms with Crippen molar-refractivity contribution in [1.82, 2.24) is 9.78 Å². The molecule has 1 aliphatic heterocycles. The van der Waals surface area contributed by atoms with Crippen LogP contribution >= 0.6 is 0 Å². The monoisotopic (exact) mass is 580 g/mol. The maximum Gasteiger partial charge on any atom is 0.226 e. The van der Waals surface area contributed by atoms with Gasteiger partial charge in [0.2, 0.25) is 11.8 Å². The van der Waals surface area contributed by atoms with E-state index in [4.69, 9.17) is 24.0 Å². The van der Waals surface area contributed by atoms with E-state index in [1.165, 1.54) is 0 Å². The number of benzene rings is 3. The third-order valence-corrected chi connectivity index (χ3v) is 7.10. The molecule has 0 fully saturated rings. The first-order valence-corrected chi connectivity index (χ1v) is 14.2. The molecule has 5 rings (SSSR count). The summed E-state index contributed by atoms with van der Waals surface area (Å²) in [6.07, 6.45) is 5.36. The number of aromatic nitrogens is 2. The van der Waals surface area contributed by atoms with Crippen molar-refractivity contribution < 1.29 is 23.7 Å². The van der Waals surface area contributed by atoms with Gasteiger partial charge in [0, 0.05) is 30.3 Å². The van der Waals surface area contributed by atoms with Crippen molar-refractivity contribution >= 4 is 29.9 Å². The number of anilines is 1. The lowest BCUT2D eigenvalue weighted by atomic mass is 10.1. The number of carbonyl (C=O) groups is 1. The summed E-state index contributed by atoms with van der Waals surface area (Å²) in [7, 11) is 4.84. The fraction of sp³-hybridized carbons (Fsp3) is 0.265.